The van der Waals surface area contributed by atoms with Crippen LogP contribution in [0.3, 0.4) is 0 Å². The van der Waals surface area contributed by atoms with Gasteiger partial charge in [-0.15, -0.1) is 45.3 Å². The molecule has 0 aliphatic heterocycles. The van der Waals surface area contributed by atoms with Gasteiger partial charge in [-0.25, -0.2) is 15.0 Å². The molecule has 23 aromatic rings. The molecular formula is C103H57N11S4. The Bertz CT molecular complexity index is 7920. The number of hydrogen-bond donors (Lipinski definition) is 0. The van der Waals surface area contributed by atoms with Crippen molar-refractivity contribution >= 4 is 169 Å². The maximum absolute atomic E-state index is 9.17. The summed E-state index contributed by atoms with van der Waals surface area (Å²) < 4.78 is 10.3. The van der Waals surface area contributed by atoms with E-state index in [0.717, 1.165) is 73.1 Å². The van der Waals surface area contributed by atoms with Crippen molar-refractivity contribution in [1.82, 2.24) is 34.9 Å². The summed E-state index contributed by atoms with van der Waals surface area (Å²) in [5.41, 5.74) is 15.0. The van der Waals surface area contributed by atoms with Gasteiger partial charge in [0.2, 0.25) is 0 Å². The first-order valence-electron chi connectivity index (χ1n) is 38.0. The lowest BCUT2D eigenvalue weighted by molar-refractivity contribution is 1.24. The summed E-state index contributed by atoms with van der Waals surface area (Å²) in [6.07, 6.45) is 10.2. The number of fused-ring (bicyclic) bond motifs is 20. The third kappa shape index (κ3) is 13.6. The van der Waals surface area contributed by atoms with Gasteiger partial charge in [-0.2, -0.15) is 21.0 Å². The van der Waals surface area contributed by atoms with Crippen molar-refractivity contribution in [3.63, 3.8) is 0 Å². The molecule has 0 saturated heterocycles. The molecule has 0 spiro atoms. The highest BCUT2D eigenvalue weighted by Gasteiger charge is 2.18. The van der Waals surface area contributed by atoms with Gasteiger partial charge in [0, 0.05) is 151 Å². The molecule has 12 aromatic carbocycles. The SMILES string of the molecule is N#Cc1cc(-c2cccc(-c3ccc4sc5ccc6ccccc6c5c4c3)n2)ccn1.N#Cc1ccnc(-c2ccc(-c3ccc4sc5ccc6ccccc6c5c4c3)cn2)c1.N#Cc1ccnc(-c2ccc3sc4ccc5ccccc5c4c3c2)c1.N#Cc1cncc(-c2cccc(-c3ccc4sc5ccc6ccccc6c5c4c3)n2)c1. The van der Waals surface area contributed by atoms with Crippen molar-refractivity contribution in [1.29, 1.82) is 21.0 Å². The van der Waals surface area contributed by atoms with Crippen molar-refractivity contribution in [2.24, 2.45) is 0 Å². The highest BCUT2D eigenvalue weighted by Crippen LogP contribution is 2.45. The summed E-state index contributed by atoms with van der Waals surface area (Å²) in [5, 5.41) is 57.0. The predicted molar refractivity (Wildman–Crippen MR) is 489 cm³/mol. The van der Waals surface area contributed by atoms with E-state index in [2.05, 4.69) is 274 Å². The van der Waals surface area contributed by atoms with Gasteiger partial charge in [0.05, 0.1) is 68.7 Å². The molecule has 0 atom stereocenters. The monoisotopic (exact) mass is 1580 g/mol. The number of hydrogen-bond acceptors (Lipinski definition) is 15. The number of benzene rings is 12. The van der Waals surface area contributed by atoms with E-state index in [1.165, 1.54) is 124 Å². The van der Waals surface area contributed by atoms with Gasteiger partial charge in [0.1, 0.15) is 17.8 Å². The molecule has 0 bridgehead atoms. The van der Waals surface area contributed by atoms with Crippen LogP contribution in [0.25, 0.3) is 203 Å². The Morgan fingerprint density at radius 2 is 0.585 bits per heavy atom. The third-order valence-electron chi connectivity index (χ3n) is 21.3. The second-order valence-electron chi connectivity index (χ2n) is 28.3. The number of nitrogens with zero attached hydrogens (tertiary/aromatic N) is 11. The Morgan fingerprint density at radius 1 is 0.212 bits per heavy atom. The van der Waals surface area contributed by atoms with Gasteiger partial charge >= 0.3 is 0 Å². The summed E-state index contributed by atoms with van der Waals surface area (Å²) in [6, 6.07) is 115. The molecule has 0 amide bonds. The molecule has 0 N–H and O–H groups in total. The maximum Gasteiger partial charge on any atom is 0.141 e. The smallest absolute Gasteiger partial charge is 0.141 e. The van der Waals surface area contributed by atoms with Crippen molar-refractivity contribution in [3.05, 3.63) is 369 Å². The fraction of sp³-hybridized carbons (Fsp3) is 0. The van der Waals surface area contributed by atoms with Crippen LogP contribution < -0.4 is 0 Å². The summed E-state index contributed by atoms with van der Waals surface area (Å²) in [7, 11) is 0. The van der Waals surface area contributed by atoms with E-state index in [9.17, 15) is 5.26 Å². The Balaban J connectivity index is 0.000000101. The maximum atomic E-state index is 9.17. The molecule has 0 fully saturated rings. The summed E-state index contributed by atoms with van der Waals surface area (Å²) in [4.78, 5) is 31.4. The average Bonchev–Trinajstić information content (AvgIpc) is 1.56. The highest BCUT2D eigenvalue weighted by atomic mass is 32.1. The first kappa shape index (κ1) is 71.6. The van der Waals surface area contributed by atoms with E-state index >= 15 is 0 Å². The molecule has 0 aliphatic carbocycles. The van der Waals surface area contributed by atoms with Gasteiger partial charge in [0.15, 0.2) is 0 Å². The van der Waals surface area contributed by atoms with E-state index in [1.807, 2.05) is 112 Å². The minimum absolute atomic E-state index is 0.391. The Hall–Kier alpha value is -15.4. The van der Waals surface area contributed by atoms with Crippen LogP contribution in [0.2, 0.25) is 0 Å². The standard InChI is InChI=1S/3C27H15N3S.C22H12N2S/c28-14-17-12-20(16-29-15-17)24-7-3-6-23(30-24)19-9-10-25-22(13-19)27-21-5-2-1-4-18(21)8-11-26(27)31-25;28-16-20-14-19(12-13-29-20)24-7-3-6-23(30-24)18-9-10-25-22(15-18)27-21-5-2-1-4-17(21)8-11-26(27)31-25;28-15-17-11-12-29-24(13-17)23-8-5-20(16-30-23)19-7-9-25-22(14-19)27-21-4-2-1-3-18(21)6-10-26(27)31-25;23-13-14-9-10-24-19(11-14)16-6-7-20-18(12-16)22-17-4-2-1-3-15(17)5-8-21(22)25-20/h1-13,15-16H;1-15H;1-14,16H;1-12H. The molecular weight excluding hydrogens is 1520 g/mol. The van der Waals surface area contributed by atoms with Gasteiger partial charge in [-0.3, -0.25) is 19.9 Å². The molecule has 0 aliphatic rings. The van der Waals surface area contributed by atoms with Crippen LogP contribution in [0.15, 0.2) is 347 Å². The Morgan fingerprint density at radius 3 is 1.02 bits per heavy atom. The Labute approximate surface area is 691 Å². The first-order valence-corrected chi connectivity index (χ1v) is 41.2. The third-order valence-corrected chi connectivity index (χ3v) is 25.8. The lowest BCUT2D eigenvalue weighted by atomic mass is 10.0. The van der Waals surface area contributed by atoms with Crippen LogP contribution in [-0.4, -0.2) is 34.9 Å². The number of pyridine rings is 7. The minimum Gasteiger partial charge on any atom is -0.263 e. The summed E-state index contributed by atoms with van der Waals surface area (Å²) >= 11 is 7.30. The lowest BCUT2D eigenvalue weighted by Crippen LogP contribution is -1.89. The molecule has 11 aromatic heterocycles. The van der Waals surface area contributed by atoms with E-state index < -0.39 is 0 Å². The first-order chi connectivity index (χ1) is 58.2. The van der Waals surface area contributed by atoms with Gasteiger partial charge in [0.25, 0.3) is 0 Å². The van der Waals surface area contributed by atoms with Gasteiger partial charge < -0.3 is 0 Å². The Kier molecular flexibility index (Phi) is 18.7. The van der Waals surface area contributed by atoms with Crippen molar-refractivity contribution in [2.75, 3.05) is 0 Å². The molecule has 15 heteroatoms. The fourth-order valence-corrected chi connectivity index (χ4v) is 20.1. The zero-order chi connectivity index (χ0) is 79.2. The number of rotatable bonds is 7. The van der Waals surface area contributed by atoms with E-state index in [1.54, 1.807) is 55.2 Å². The second kappa shape index (κ2) is 30.8. The van der Waals surface area contributed by atoms with E-state index in [0.29, 0.717) is 28.1 Å². The topological polar surface area (TPSA) is 185 Å². The molecule has 548 valence electrons. The van der Waals surface area contributed by atoms with E-state index in [-0.39, 0.29) is 0 Å². The van der Waals surface area contributed by atoms with Gasteiger partial charge in [-0.1, -0.05) is 164 Å². The molecule has 0 unspecified atom stereocenters. The summed E-state index contributed by atoms with van der Waals surface area (Å²) in [5.74, 6) is 0. The van der Waals surface area contributed by atoms with Crippen LogP contribution in [0.5, 0.6) is 0 Å². The normalized spacial score (nSPS) is 11.2. The molecule has 11 heterocycles. The number of aromatic nitrogens is 7. The zero-order valence-electron chi connectivity index (χ0n) is 62.5. The molecule has 118 heavy (non-hydrogen) atoms. The molecule has 0 saturated carbocycles. The lowest BCUT2D eigenvalue weighted by Gasteiger charge is -2.06. The number of nitriles is 4. The largest absolute Gasteiger partial charge is 0.263 e. The second-order valence-corrected chi connectivity index (χ2v) is 32.7. The van der Waals surface area contributed by atoms with E-state index in [4.69, 9.17) is 25.8 Å². The predicted octanol–water partition coefficient (Wildman–Crippen LogP) is 27.8. The van der Waals surface area contributed by atoms with Crippen LogP contribution in [-0.2, 0) is 0 Å². The molecule has 0 radical (unpaired) electrons. The van der Waals surface area contributed by atoms with Crippen LogP contribution in [0, 0.1) is 45.3 Å². The summed E-state index contributed by atoms with van der Waals surface area (Å²) in [6.45, 7) is 0. The average molecular weight is 1580 g/mol. The fourth-order valence-electron chi connectivity index (χ4n) is 15.7. The molecule has 11 nitrogen and oxygen atoms in total. The van der Waals surface area contributed by atoms with Crippen LogP contribution in [0.1, 0.15) is 22.4 Å². The van der Waals surface area contributed by atoms with Crippen LogP contribution in [0.4, 0.5) is 0 Å². The minimum atomic E-state index is 0.391. The van der Waals surface area contributed by atoms with Crippen molar-refractivity contribution in [3.8, 4) is 103 Å². The van der Waals surface area contributed by atoms with Crippen molar-refractivity contribution in [2.45, 2.75) is 0 Å². The van der Waals surface area contributed by atoms with Gasteiger partial charge in [-0.05, 0) is 194 Å². The quantitative estimate of drug-likeness (QED) is 0.148. The molecule has 23 rings (SSSR count). The van der Waals surface area contributed by atoms with Crippen molar-refractivity contribution < 1.29 is 0 Å². The highest BCUT2D eigenvalue weighted by molar-refractivity contribution is 7.27. The zero-order valence-corrected chi connectivity index (χ0v) is 65.7. The number of thiophene rings is 4. The van der Waals surface area contributed by atoms with Crippen LogP contribution >= 0.6 is 45.3 Å².